The van der Waals surface area contributed by atoms with Crippen LogP contribution in [0.5, 0.6) is 0 Å². The van der Waals surface area contributed by atoms with Crippen molar-refractivity contribution in [3.05, 3.63) is 17.0 Å². The molecule has 2 aromatic heterocycles. The molecule has 6 heteroatoms. The molecule has 0 atom stereocenters. The molecular weight excluding hydrogens is 234 g/mol. The highest BCUT2D eigenvalue weighted by Gasteiger charge is 2.11. The molecule has 0 saturated carbocycles. The van der Waals surface area contributed by atoms with E-state index < -0.39 is 0 Å². The predicted molar refractivity (Wildman–Crippen MR) is 59.2 cm³/mol. The third-order valence-corrected chi connectivity index (χ3v) is 3.26. The van der Waals surface area contributed by atoms with Crippen molar-refractivity contribution in [3.8, 4) is 10.6 Å². The molecule has 0 radical (unpaired) electrons. The van der Waals surface area contributed by atoms with Crippen molar-refractivity contribution >= 4 is 22.9 Å². The lowest BCUT2D eigenvalue weighted by atomic mass is 10.3. The van der Waals surface area contributed by atoms with Gasteiger partial charge in [-0.3, -0.25) is 0 Å². The summed E-state index contributed by atoms with van der Waals surface area (Å²) in [6.07, 6.45) is 3.48. The Kier molecular flexibility index (Phi) is 3.33. The van der Waals surface area contributed by atoms with Gasteiger partial charge < -0.3 is 4.52 Å². The van der Waals surface area contributed by atoms with Crippen molar-refractivity contribution in [2.75, 3.05) is 5.88 Å². The summed E-state index contributed by atoms with van der Waals surface area (Å²) in [5, 5.41) is 13.8. The highest BCUT2D eigenvalue weighted by molar-refractivity contribution is 7.14. The molecule has 15 heavy (non-hydrogen) atoms. The topological polar surface area (TPSA) is 51.8 Å². The maximum absolute atomic E-state index is 5.61. The maximum atomic E-state index is 5.61. The van der Waals surface area contributed by atoms with E-state index in [1.54, 1.807) is 17.5 Å². The zero-order valence-corrected chi connectivity index (χ0v) is 9.81. The number of nitrogens with zero attached hydrogens (tertiary/aromatic N) is 3. The fourth-order valence-corrected chi connectivity index (χ4v) is 2.26. The Labute approximate surface area is 96.3 Å². The smallest absolute Gasteiger partial charge is 0.152 e. The predicted octanol–water partition coefficient (Wildman–Crippen LogP) is 2.67. The minimum absolute atomic E-state index is 0.654. The van der Waals surface area contributed by atoms with Crippen molar-refractivity contribution in [1.82, 2.24) is 15.4 Å². The number of rotatable bonds is 4. The number of hydrogen-bond acceptors (Lipinski definition) is 5. The Morgan fingerprint density at radius 1 is 1.47 bits per heavy atom. The summed E-state index contributed by atoms with van der Waals surface area (Å²) in [7, 11) is 0. The van der Waals surface area contributed by atoms with E-state index in [1.807, 2.05) is 6.92 Å². The molecule has 0 aromatic carbocycles. The highest BCUT2D eigenvalue weighted by Crippen LogP contribution is 2.26. The van der Waals surface area contributed by atoms with E-state index in [9.17, 15) is 0 Å². The SMILES string of the molecule is Cc1oncc1-c1nnc(CCCCl)s1. The lowest BCUT2D eigenvalue weighted by Crippen LogP contribution is -1.84. The van der Waals surface area contributed by atoms with Gasteiger partial charge in [-0.25, -0.2) is 0 Å². The fourth-order valence-electron chi connectivity index (χ4n) is 1.19. The van der Waals surface area contributed by atoms with Crippen LogP contribution < -0.4 is 0 Å². The first kappa shape index (κ1) is 10.6. The van der Waals surface area contributed by atoms with Gasteiger partial charge in [0.25, 0.3) is 0 Å². The van der Waals surface area contributed by atoms with Crippen LogP contribution in [0.15, 0.2) is 10.7 Å². The number of halogens is 1. The summed E-state index contributed by atoms with van der Waals surface area (Å²) in [4.78, 5) is 0. The molecule has 0 aliphatic rings. The van der Waals surface area contributed by atoms with E-state index in [0.717, 1.165) is 34.2 Å². The molecule has 0 aliphatic carbocycles. The van der Waals surface area contributed by atoms with Gasteiger partial charge in [0, 0.05) is 12.3 Å². The molecule has 0 bridgehead atoms. The van der Waals surface area contributed by atoms with Gasteiger partial charge in [0.15, 0.2) is 5.01 Å². The minimum atomic E-state index is 0.654. The third kappa shape index (κ3) is 2.35. The average Bonchev–Trinajstić information content (AvgIpc) is 2.83. The molecule has 0 fully saturated rings. The highest BCUT2D eigenvalue weighted by atomic mass is 35.5. The summed E-state index contributed by atoms with van der Waals surface area (Å²) >= 11 is 7.18. The van der Waals surface area contributed by atoms with Crippen LogP contribution in [0.3, 0.4) is 0 Å². The molecule has 4 nitrogen and oxygen atoms in total. The first-order valence-corrected chi connectivity index (χ1v) is 5.96. The molecule has 0 amide bonds. The zero-order valence-electron chi connectivity index (χ0n) is 8.23. The molecule has 2 rings (SSSR count). The second kappa shape index (κ2) is 4.72. The zero-order chi connectivity index (χ0) is 10.7. The molecular formula is C9H10ClN3OS. The monoisotopic (exact) mass is 243 g/mol. The molecule has 0 saturated heterocycles. The Morgan fingerprint density at radius 2 is 2.33 bits per heavy atom. The van der Waals surface area contributed by atoms with Crippen molar-refractivity contribution in [2.45, 2.75) is 19.8 Å². The van der Waals surface area contributed by atoms with Crippen molar-refractivity contribution in [3.63, 3.8) is 0 Å². The summed E-state index contributed by atoms with van der Waals surface area (Å²) in [5.74, 6) is 1.43. The number of aromatic nitrogens is 3. The van der Waals surface area contributed by atoms with E-state index in [-0.39, 0.29) is 0 Å². The van der Waals surface area contributed by atoms with Crippen LogP contribution in [-0.2, 0) is 6.42 Å². The Hall–Kier alpha value is -0.940. The summed E-state index contributed by atoms with van der Waals surface area (Å²) < 4.78 is 4.98. The molecule has 80 valence electrons. The standard InChI is InChI=1S/C9H10ClN3OS/c1-6-7(5-11-14-6)9-13-12-8(15-9)3-2-4-10/h5H,2-4H2,1H3. The molecule has 2 heterocycles. The van der Waals surface area contributed by atoms with Crippen LogP contribution in [0.1, 0.15) is 17.2 Å². The van der Waals surface area contributed by atoms with Gasteiger partial charge in [-0.15, -0.1) is 21.8 Å². The van der Waals surface area contributed by atoms with Crippen molar-refractivity contribution in [2.24, 2.45) is 0 Å². The lowest BCUT2D eigenvalue weighted by Gasteiger charge is -1.88. The van der Waals surface area contributed by atoms with Gasteiger partial charge >= 0.3 is 0 Å². The van der Waals surface area contributed by atoms with Crippen LogP contribution in [0.2, 0.25) is 0 Å². The molecule has 0 N–H and O–H groups in total. The van der Waals surface area contributed by atoms with Gasteiger partial charge in [-0.05, 0) is 13.3 Å². The van der Waals surface area contributed by atoms with E-state index in [4.69, 9.17) is 16.1 Å². The summed E-state index contributed by atoms with van der Waals surface area (Å²) in [5.41, 5.74) is 0.921. The van der Waals surface area contributed by atoms with E-state index in [0.29, 0.717) is 5.88 Å². The lowest BCUT2D eigenvalue weighted by molar-refractivity contribution is 0.398. The van der Waals surface area contributed by atoms with Gasteiger partial charge in [0.1, 0.15) is 10.8 Å². The van der Waals surface area contributed by atoms with Crippen LogP contribution in [0.25, 0.3) is 10.6 Å². The van der Waals surface area contributed by atoms with Crippen LogP contribution in [-0.4, -0.2) is 21.2 Å². The van der Waals surface area contributed by atoms with E-state index in [2.05, 4.69) is 15.4 Å². The maximum Gasteiger partial charge on any atom is 0.152 e. The molecule has 0 unspecified atom stereocenters. The van der Waals surface area contributed by atoms with Crippen LogP contribution in [0.4, 0.5) is 0 Å². The normalized spacial score (nSPS) is 10.8. The quantitative estimate of drug-likeness (QED) is 0.775. The number of alkyl halides is 1. The number of hydrogen-bond donors (Lipinski definition) is 0. The Bertz CT molecular complexity index is 440. The first-order chi connectivity index (χ1) is 7.31. The minimum Gasteiger partial charge on any atom is -0.361 e. The summed E-state index contributed by atoms with van der Waals surface area (Å²) in [6.45, 7) is 1.86. The second-order valence-corrected chi connectivity index (χ2v) is 4.53. The third-order valence-electron chi connectivity index (χ3n) is 1.97. The average molecular weight is 244 g/mol. The van der Waals surface area contributed by atoms with Gasteiger partial charge in [0.2, 0.25) is 0 Å². The van der Waals surface area contributed by atoms with E-state index in [1.165, 1.54) is 0 Å². The molecule has 2 aromatic rings. The molecule has 0 spiro atoms. The van der Waals surface area contributed by atoms with Crippen molar-refractivity contribution in [1.29, 1.82) is 0 Å². The first-order valence-electron chi connectivity index (χ1n) is 4.61. The van der Waals surface area contributed by atoms with Crippen molar-refractivity contribution < 1.29 is 4.52 Å². The second-order valence-electron chi connectivity index (χ2n) is 3.09. The number of aryl methyl sites for hydroxylation is 2. The van der Waals surface area contributed by atoms with Crippen LogP contribution >= 0.6 is 22.9 Å². The van der Waals surface area contributed by atoms with Crippen LogP contribution in [0, 0.1) is 6.92 Å². The van der Waals surface area contributed by atoms with Gasteiger partial charge in [0.05, 0.1) is 11.8 Å². The van der Waals surface area contributed by atoms with Gasteiger partial charge in [-0.2, -0.15) is 0 Å². The summed E-state index contributed by atoms with van der Waals surface area (Å²) in [6, 6.07) is 0. The Morgan fingerprint density at radius 3 is 3.00 bits per heavy atom. The largest absolute Gasteiger partial charge is 0.361 e. The van der Waals surface area contributed by atoms with Gasteiger partial charge in [-0.1, -0.05) is 16.5 Å². The molecule has 0 aliphatic heterocycles. The fraction of sp³-hybridized carbons (Fsp3) is 0.444. The Balaban J connectivity index is 2.17. The van der Waals surface area contributed by atoms with E-state index >= 15 is 0 Å².